The van der Waals surface area contributed by atoms with Gasteiger partial charge in [0.2, 0.25) is 5.91 Å². The summed E-state index contributed by atoms with van der Waals surface area (Å²) in [7, 11) is 0. The largest absolute Gasteiger partial charge is 0.324 e. The van der Waals surface area contributed by atoms with Crippen LogP contribution in [0, 0.1) is 20.8 Å². The Bertz CT molecular complexity index is 831. The molecule has 118 valence electrons. The fourth-order valence-electron chi connectivity index (χ4n) is 2.28. The minimum Gasteiger partial charge on any atom is -0.324 e. The van der Waals surface area contributed by atoms with Crippen molar-refractivity contribution in [3.63, 3.8) is 0 Å². The monoisotopic (exact) mass is 310 g/mol. The van der Waals surface area contributed by atoms with Crippen molar-refractivity contribution < 1.29 is 4.79 Å². The number of rotatable bonds is 4. The molecule has 3 aromatic rings. The van der Waals surface area contributed by atoms with Gasteiger partial charge in [-0.1, -0.05) is 0 Å². The van der Waals surface area contributed by atoms with Crippen LogP contribution in [-0.2, 0) is 11.3 Å². The van der Waals surface area contributed by atoms with E-state index < -0.39 is 0 Å². The maximum atomic E-state index is 12.0. The number of aromatic nitrogens is 5. The number of imidazole rings is 1. The van der Waals surface area contributed by atoms with Crippen LogP contribution < -0.4 is 5.32 Å². The van der Waals surface area contributed by atoms with Gasteiger partial charge in [0, 0.05) is 17.1 Å². The molecule has 0 aliphatic heterocycles. The van der Waals surface area contributed by atoms with Crippen LogP contribution >= 0.6 is 0 Å². The summed E-state index contributed by atoms with van der Waals surface area (Å²) in [5.74, 6) is 0.505. The van der Waals surface area contributed by atoms with Gasteiger partial charge >= 0.3 is 0 Å². The smallest absolute Gasteiger partial charge is 0.246 e. The lowest BCUT2D eigenvalue weighted by Crippen LogP contribution is -2.19. The molecular weight excluding hydrogens is 292 g/mol. The number of benzene rings is 1. The molecule has 1 aromatic carbocycles. The van der Waals surface area contributed by atoms with Gasteiger partial charge in [0.05, 0.1) is 12.0 Å². The summed E-state index contributed by atoms with van der Waals surface area (Å²) < 4.78 is 3.52. The molecule has 0 bridgehead atoms. The van der Waals surface area contributed by atoms with Crippen molar-refractivity contribution in [1.29, 1.82) is 0 Å². The van der Waals surface area contributed by atoms with Crippen molar-refractivity contribution >= 4 is 11.6 Å². The normalized spacial score (nSPS) is 10.7. The van der Waals surface area contributed by atoms with E-state index in [1.54, 1.807) is 19.6 Å². The molecule has 0 atom stereocenters. The average Bonchev–Trinajstić information content (AvgIpc) is 3.07. The first-order valence-electron chi connectivity index (χ1n) is 7.30. The Morgan fingerprint density at radius 1 is 1.09 bits per heavy atom. The van der Waals surface area contributed by atoms with Gasteiger partial charge in [-0.15, -0.1) is 0 Å². The van der Waals surface area contributed by atoms with Gasteiger partial charge in [-0.2, -0.15) is 5.10 Å². The summed E-state index contributed by atoms with van der Waals surface area (Å²) in [5.41, 5.74) is 3.85. The van der Waals surface area contributed by atoms with Crippen LogP contribution in [0.25, 0.3) is 5.69 Å². The van der Waals surface area contributed by atoms with Crippen LogP contribution in [0.1, 0.15) is 17.2 Å². The Kier molecular flexibility index (Phi) is 3.92. The van der Waals surface area contributed by atoms with Crippen LogP contribution in [0.2, 0.25) is 0 Å². The fourth-order valence-corrected chi connectivity index (χ4v) is 2.28. The molecule has 3 rings (SSSR count). The first-order chi connectivity index (χ1) is 11.0. The van der Waals surface area contributed by atoms with Crippen molar-refractivity contribution in [1.82, 2.24) is 24.3 Å². The second-order valence-corrected chi connectivity index (χ2v) is 5.37. The Hall–Kier alpha value is -2.96. The van der Waals surface area contributed by atoms with E-state index in [-0.39, 0.29) is 12.5 Å². The lowest BCUT2D eigenvalue weighted by Gasteiger charge is -2.08. The third-order valence-electron chi connectivity index (χ3n) is 3.64. The topological polar surface area (TPSA) is 77.6 Å². The van der Waals surface area contributed by atoms with Crippen molar-refractivity contribution in [2.75, 3.05) is 5.32 Å². The Balaban J connectivity index is 1.67. The molecule has 0 fully saturated rings. The number of nitrogens with zero attached hydrogens (tertiary/aromatic N) is 5. The molecule has 0 radical (unpaired) electrons. The quantitative estimate of drug-likeness (QED) is 0.800. The third-order valence-corrected chi connectivity index (χ3v) is 3.64. The highest BCUT2D eigenvalue weighted by Gasteiger charge is 2.07. The zero-order chi connectivity index (χ0) is 16.4. The Morgan fingerprint density at radius 3 is 2.39 bits per heavy atom. The molecule has 0 saturated carbocycles. The Morgan fingerprint density at radius 2 is 1.83 bits per heavy atom. The van der Waals surface area contributed by atoms with Gasteiger partial charge in [-0.3, -0.25) is 4.79 Å². The van der Waals surface area contributed by atoms with Crippen LogP contribution in [-0.4, -0.2) is 30.2 Å². The highest BCUT2D eigenvalue weighted by molar-refractivity contribution is 5.90. The van der Waals surface area contributed by atoms with E-state index in [9.17, 15) is 4.79 Å². The minimum absolute atomic E-state index is 0.141. The first-order valence-corrected chi connectivity index (χ1v) is 7.30. The number of carbonyl (C=O) groups excluding carboxylic acids is 1. The van der Waals surface area contributed by atoms with Gasteiger partial charge in [0.1, 0.15) is 18.7 Å². The van der Waals surface area contributed by atoms with E-state index in [0.717, 1.165) is 22.8 Å². The molecule has 7 nitrogen and oxygen atoms in total. The van der Waals surface area contributed by atoms with Crippen LogP contribution in [0.5, 0.6) is 0 Å². The van der Waals surface area contributed by atoms with E-state index in [4.69, 9.17) is 0 Å². The van der Waals surface area contributed by atoms with E-state index in [0.29, 0.717) is 5.82 Å². The summed E-state index contributed by atoms with van der Waals surface area (Å²) in [6.07, 6.45) is 3.34. The summed E-state index contributed by atoms with van der Waals surface area (Å²) in [6.45, 7) is 5.93. The lowest BCUT2D eigenvalue weighted by molar-refractivity contribution is -0.116. The van der Waals surface area contributed by atoms with Crippen LogP contribution in [0.15, 0.2) is 36.9 Å². The zero-order valence-electron chi connectivity index (χ0n) is 13.3. The van der Waals surface area contributed by atoms with Gasteiger partial charge in [0.15, 0.2) is 0 Å². The van der Waals surface area contributed by atoms with Crippen LogP contribution in [0.3, 0.4) is 0 Å². The van der Waals surface area contributed by atoms with E-state index in [2.05, 4.69) is 20.4 Å². The van der Waals surface area contributed by atoms with Gasteiger partial charge < -0.3 is 9.88 Å². The lowest BCUT2D eigenvalue weighted by atomic mass is 10.2. The molecule has 0 saturated heterocycles. The van der Waals surface area contributed by atoms with Crippen molar-refractivity contribution in [2.45, 2.75) is 27.3 Å². The van der Waals surface area contributed by atoms with Gasteiger partial charge in [0.25, 0.3) is 0 Å². The predicted molar refractivity (Wildman–Crippen MR) is 86.4 cm³/mol. The molecule has 1 N–H and O–H groups in total. The molecule has 2 aromatic heterocycles. The summed E-state index contributed by atoms with van der Waals surface area (Å²) in [5, 5.41) is 6.94. The standard InChI is InChI=1S/C16H18N6O/c1-11-12(2)22(10-17-11)15-6-4-14(5-7-15)19-16(23)8-21-9-18-13(3)20-21/h4-7,9-10H,8H2,1-3H3,(H,19,23). The zero-order valence-corrected chi connectivity index (χ0v) is 13.3. The summed E-state index contributed by atoms with van der Waals surface area (Å²) in [6, 6.07) is 7.63. The summed E-state index contributed by atoms with van der Waals surface area (Å²) in [4.78, 5) is 20.3. The molecule has 7 heteroatoms. The summed E-state index contributed by atoms with van der Waals surface area (Å²) >= 11 is 0. The van der Waals surface area contributed by atoms with Gasteiger partial charge in [-0.05, 0) is 45.0 Å². The number of aryl methyl sites for hydroxylation is 2. The molecular formula is C16H18N6O. The minimum atomic E-state index is -0.141. The van der Waals surface area contributed by atoms with E-state index in [1.165, 1.54) is 4.68 Å². The molecule has 0 aliphatic carbocycles. The number of nitrogens with one attached hydrogen (secondary N) is 1. The van der Waals surface area contributed by atoms with Crippen molar-refractivity contribution in [2.24, 2.45) is 0 Å². The van der Waals surface area contributed by atoms with Crippen molar-refractivity contribution in [3.05, 3.63) is 54.1 Å². The second kappa shape index (κ2) is 6.04. The molecule has 23 heavy (non-hydrogen) atoms. The number of amides is 1. The highest BCUT2D eigenvalue weighted by Crippen LogP contribution is 2.16. The first kappa shape index (κ1) is 15.0. The van der Waals surface area contributed by atoms with Crippen LogP contribution in [0.4, 0.5) is 5.69 Å². The number of hydrogen-bond acceptors (Lipinski definition) is 4. The van der Waals surface area contributed by atoms with Crippen molar-refractivity contribution in [3.8, 4) is 5.69 Å². The Labute approximate surface area is 134 Å². The van der Waals surface area contributed by atoms with Gasteiger partial charge in [-0.25, -0.2) is 14.6 Å². The predicted octanol–water partition coefficient (Wildman–Crippen LogP) is 2.03. The van der Waals surface area contributed by atoms with E-state index in [1.807, 2.05) is 42.7 Å². The molecule has 2 heterocycles. The molecule has 1 amide bonds. The maximum Gasteiger partial charge on any atom is 0.246 e. The van der Waals surface area contributed by atoms with E-state index >= 15 is 0 Å². The number of anilines is 1. The molecule has 0 unspecified atom stereocenters. The number of hydrogen-bond donors (Lipinski definition) is 1. The SMILES string of the molecule is Cc1ncn(CC(=O)Nc2ccc(-n3cnc(C)c3C)cc2)n1. The number of carbonyl (C=O) groups is 1. The fraction of sp³-hybridized carbons (Fsp3) is 0.250. The third kappa shape index (κ3) is 3.28. The second-order valence-electron chi connectivity index (χ2n) is 5.37. The average molecular weight is 310 g/mol. The maximum absolute atomic E-state index is 12.0. The highest BCUT2D eigenvalue weighted by atomic mass is 16.2. The molecule has 0 spiro atoms. The molecule has 0 aliphatic rings.